The quantitative estimate of drug-likeness (QED) is 0.889. The lowest BCUT2D eigenvalue weighted by Gasteiger charge is -2.29. The Morgan fingerprint density at radius 1 is 1.13 bits per heavy atom. The smallest absolute Gasteiger partial charge is 0.252 e. The van der Waals surface area contributed by atoms with Gasteiger partial charge in [0.15, 0.2) is 0 Å². The Bertz CT molecular complexity index is 751. The van der Waals surface area contributed by atoms with Crippen LogP contribution in [0.3, 0.4) is 0 Å². The number of hydrogen-bond donors (Lipinski definition) is 1. The van der Waals surface area contributed by atoms with Gasteiger partial charge in [-0.25, -0.2) is 0 Å². The largest absolute Gasteiger partial charge is 0.349 e. The van der Waals surface area contributed by atoms with Gasteiger partial charge in [0.1, 0.15) is 0 Å². The fourth-order valence-electron chi connectivity index (χ4n) is 3.77. The van der Waals surface area contributed by atoms with Crippen LogP contribution >= 0.6 is 0 Å². The number of carbonyl (C=O) groups excluding carboxylic acids is 1. The predicted octanol–water partition coefficient (Wildman–Crippen LogP) is 4.47. The number of aromatic nitrogens is 1. The first-order chi connectivity index (χ1) is 11.0. The van der Waals surface area contributed by atoms with Crippen LogP contribution in [-0.4, -0.2) is 16.9 Å². The molecular formula is C20H26N2O. The number of benzene rings is 1. The van der Waals surface area contributed by atoms with Crippen molar-refractivity contribution in [2.24, 2.45) is 5.92 Å². The van der Waals surface area contributed by atoms with E-state index in [4.69, 9.17) is 0 Å². The van der Waals surface area contributed by atoms with Crippen LogP contribution in [0.1, 0.15) is 59.8 Å². The molecule has 2 atom stereocenters. The van der Waals surface area contributed by atoms with Gasteiger partial charge in [-0.1, -0.05) is 31.4 Å². The van der Waals surface area contributed by atoms with Crippen molar-refractivity contribution < 1.29 is 4.79 Å². The molecule has 1 amide bonds. The molecule has 3 rings (SSSR count). The molecule has 3 nitrogen and oxygen atoms in total. The van der Waals surface area contributed by atoms with E-state index in [1.54, 1.807) is 0 Å². The summed E-state index contributed by atoms with van der Waals surface area (Å²) in [7, 11) is 0. The highest BCUT2D eigenvalue weighted by molar-refractivity contribution is 6.07. The van der Waals surface area contributed by atoms with Crippen molar-refractivity contribution in [2.45, 2.75) is 59.4 Å². The summed E-state index contributed by atoms with van der Waals surface area (Å²) in [6.45, 7) is 8.33. The van der Waals surface area contributed by atoms with Gasteiger partial charge in [-0.3, -0.25) is 9.78 Å². The predicted molar refractivity (Wildman–Crippen MR) is 94.8 cm³/mol. The van der Waals surface area contributed by atoms with Crippen molar-refractivity contribution in [1.82, 2.24) is 10.3 Å². The summed E-state index contributed by atoms with van der Waals surface area (Å²) < 4.78 is 0. The monoisotopic (exact) mass is 310 g/mol. The number of aryl methyl sites for hydroxylation is 3. The molecule has 0 radical (unpaired) electrons. The summed E-state index contributed by atoms with van der Waals surface area (Å²) in [6, 6.07) is 6.42. The minimum Gasteiger partial charge on any atom is -0.349 e. The van der Waals surface area contributed by atoms with Gasteiger partial charge in [0.05, 0.1) is 11.1 Å². The highest BCUT2D eigenvalue weighted by atomic mass is 16.1. The van der Waals surface area contributed by atoms with Gasteiger partial charge in [0, 0.05) is 17.1 Å². The van der Waals surface area contributed by atoms with Gasteiger partial charge < -0.3 is 5.32 Å². The normalized spacial score (nSPS) is 21.4. The minimum absolute atomic E-state index is 0.0456. The Morgan fingerprint density at radius 3 is 2.61 bits per heavy atom. The highest BCUT2D eigenvalue weighted by Crippen LogP contribution is 2.26. The molecule has 1 N–H and O–H groups in total. The molecular weight excluding hydrogens is 284 g/mol. The van der Waals surface area contributed by atoms with Gasteiger partial charge >= 0.3 is 0 Å². The Kier molecular flexibility index (Phi) is 4.38. The molecule has 0 bridgehead atoms. The van der Waals surface area contributed by atoms with E-state index in [9.17, 15) is 4.79 Å². The second-order valence-corrected chi connectivity index (χ2v) is 7.13. The maximum atomic E-state index is 12.9. The van der Waals surface area contributed by atoms with Crippen molar-refractivity contribution in [3.8, 4) is 0 Å². The van der Waals surface area contributed by atoms with Crippen LogP contribution in [-0.2, 0) is 0 Å². The zero-order valence-corrected chi connectivity index (χ0v) is 14.6. The third kappa shape index (κ3) is 3.24. The second kappa shape index (κ2) is 6.31. The standard InChI is InChI=1S/C20H26N2O/c1-12-9-14(3)19-16(10-12)17(11-15(4)21-19)20(23)22-18-8-6-5-7-13(18)2/h9-11,13,18H,5-8H2,1-4H3,(H,22,23)/t13-,18-/m0/s1. The molecule has 2 aromatic rings. The van der Waals surface area contributed by atoms with Crippen LogP contribution in [0.2, 0.25) is 0 Å². The van der Waals surface area contributed by atoms with Crippen LogP contribution in [0.5, 0.6) is 0 Å². The highest BCUT2D eigenvalue weighted by Gasteiger charge is 2.24. The summed E-state index contributed by atoms with van der Waals surface area (Å²) >= 11 is 0. The third-order valence-corrected chi connectivity index (χ3v) is 5.05. The number of rotatable bonds is 2. The fraction of sp³-hybridized carbons (Fsp3) is 0.500. The summed E-state index contributed by atoms with van der Waals surface area (Å²) in [6.07, 6.45) is 4.79. The minimum atomic E-state index is 0.0456. The van der Waals surface area contributed by atoms with Crippen LogP contribution in [0.25, 0.3) is 10.9 Å². The molecule has 23 heavy (non-hydrogen) atoms. The molecule has 0 spiro atoms. The number of nitrogens with one attached hydrogen (secondary N) is 1. The van der Waals surface area contributed by atoms with Crippen molar-refractivity contribution >= 4 is 16.8 Å². The SMILES string of the molecule is Cc1cc(C)c2nc(C)cc(C(=O)N[C@H]3CCCC[C@@H]3C)c2c1. The number of hydrogen-bond acceptors (Lipinski definition) is 2. The summed E-state index contributed by atoms with van der Waals surface area (Å²) in [5, 5.41) is 4.24. The third-order valence-electron chi connectivity index (χ3n) is 5.05. The van der Waals surface area contributed by atoms with E-state index in [-0.39, 0.29) is 5.91 Å². The van der Waals surface area contributed by atoms with E-state index in [0.29, 0.717) is 12.0 Å². The second-order valence-electron chi connectivity index (χ2n) is 7.13. The van der Waals surface area contributed by atoms with Gasteiger partial charge in [0.25, 0.3) is 5.91 Å². The topological polar surface area (TPSA) is 42.0 Å². The maximum Gasteiger partial charge on any atom is 0.252 e. The van der Waals surface area contributed by atoms with Crippen LogP contribution in [0, 0.1) is 26.7 Å². The molecule has 1 aromatic carbocycles. The molecule has 1 heterocycles. The van der Waals surface area contributed by atoms with Gasteiger partial charge in [-0.05, 0) is 57.2 Å². The van der Waals surface area contributed by atoms with Crippen molar-refractivity contribution in [1.29, 1.82) is 0 Å². The lowest BCUT2D eigenvalue weighted by Crippen LogP contribution is -2.41. The molecule has 0 aliphatic heterocycles. The molecule has 0 saturated heterocycles. The van der Waals surface area contributed by atoms with Crippen molar-refractivity contribution in [3.05, 3.63) is 40.6 Å². The number of carbonyl (C=O) groups is 1. The van der Waals surface area contributed by atoms with E-state index in [1.807, 2.05) is 13.0 Å². The lowest BCUT2D eigenvalue weighted by molar-refractivity contribution is 0.0912. The first kappa shape index (κ1) is 16.0. The fourth-order valence-corrected chi connectivity index (χ4v) is 3.77. The van der Waals surface area contributed by atoms with Gasteiger partial charge in [-0.15, -0.1) is 0 Å². The summed E-state index contributed by atoms with van der Waals surface area (Å²) in [4.78, 5) is 17.5. The van der Waals surface area contributed by atoms with Crippen molar-refractivity contribution in [2.75, 3.05) is 0 Å². The molecule has 1 aliphatic carbocycles. The first-order valence-corrected chi connectivity index (χ1v) is 8.65. The number of amides is 1. The number of nitrogens with zero attached hydrogens (tertiary/aromatic N) is 1. The number of fused-ring (bicyclic) bond motifs is 1. The summed E-state index contributed by atoms with van der Waals surface area (Å²) in [5.41, 5.74) is 4.89. The summed E-state index contributed by atoms with van der Waals surface area (Å²) in [5.74, 6) is 0.606. The molecule has 1 fully saturated rings. The van der Waals surface area contributed by atoms with E-state index in [2.05, 4.69) is 43.2 Å². The Hall–Kier alpha value is -1.90. The van der Waals surface area contributed by atoms with Crippen LogP contribution < -0.4 is 5.32 Å². The van der Waals surface area contributed by atoms with Crippen molar-refractivity contribution in [3.63, 3.8) is 0 Å². The average Bonchev–Trinajstić information content (AvgIpc) is 2.49. The first-order valence-electron chi connectivity index (χ1n) is 8.65. The van der Waals surface area contributed by atoms with Gasteiger partial charge in [0.2, 0.25) is 0 Å². The Morgan fingerprint density at radius 2 is 1.87 bits per heavy atom. The molecule has 1 saturated carbocycles. The van der Waals surface area contributed by atoms with E-state index < -0.39 is 0 Å². The molecule has 1 aromatic heterocycles. The van der Waals surface area contributed by atoms with Crippen LogP contribution in [0.4, 0.5) is 0 Å². The van der Waals surface area contributed by atoms with E-state index in [1.165, 1.54) is 24.8 Å². The van der Waals surface area contributed by atoms with Gasteiger partial charge in [-0.2, -0.15) is 0 Å². The molecule has 1 aliphatic rings. The Balaban J connectivity index is 1.99. The maximum absolute atomic E-state index is 12.9. The average molecular weight is 310 g/mol. The lowest BCUT2D eigenvalue weighted by atomic mass is 9.85. The zero-order chi connectivity index (χ0) is 16.6. The molecule has 0 unspecified atom stereocenters. The zero-order valence-electron chi connectivity index (χ0n) is 14.6. The Labute approximate surface area is 138 Å². The molecule has 122 valence electrons. The molecule has 3 heteroatoms. The van der Waals surface area contributed by atoms with E-state index >= 15 is 0 Å². The number of pyridine rings is 1. The van der Waals surface area contributed by atoms with Crippen LogP contribution in [0.15, 0.2) is 18.2 Å². The van der Waals surface area contributed by atoms with E-state index in [0.717, 1.165) is 34.1 Å².